The molecule has 19 heavy (non-hydrogen) atoms. The first kappa shape index (κ1) is 15.9. The summed E-state index contributed by atoms with van der Waals surface area (Å²) < 4.78 is 5.15. The van der Waals surface area contributed by atoms with Crippen molar-refractivity contribution in [3.63, 3.8) is 0 Å². The maximum absolute atomic E-state index is 11.5. The van der Waals surface area contributed by atoms with E-state index < -0.39 is 0 Å². The number of thioether (sulfide) groups is 1. The van der Waals surface area contributed by atoms with Crippen LogP contribution in [-0.2, 0) is 4.79 Å². The molecule has 0 aromatic heterocycles. The van der Waals surface area contributed by atoms with Gasteiger partial charge in [-0.3, -0.25) is 4.79 Å². The third-order valence-corrected chi connectivity index (χ3v) is 3.44. The summed E-state index contributed by atoms with van der Waals surface area (Å²) in [5.74, 6) is 1.42. The molecule has 4 nitrogen and oxygen atoms in total. The molecule has 0 saturated carbocycles. The highest BCUT2D eigenvalue weighted by atomic mass is 32.2. The van der Waals surface area contributed by atoms with Crippen LogP contribution in [0.5, 0.6) is 5.75 Å². The van der Waals surface area contributed by atoms with Crippen LogP contribution < -0.4 is 10.1 Å². The lowest BCUT2D eigenvalue weighted by molar-refractivity contribution is -0.118. The Hall–Kier alpha value is -1.20. The molecule has 0 aliphatic heterocycles. The van der Waals surface area contributed by atoms with Crippen molar-refractivity contribution in [2.24, 2.45) is 0 Å². The number of amides is 1. The molecule has 0 aliphatic rings. The first-order chi connectivity index (χ1) is 9.08. The molecule has 1 amide bonds. The van der Waals surface area contributed by atoms with Gasteiger partial charge < -0.3 is 15.0 Å². The SMILES string of the molecule is COc1ccc([C@H](CNC(=O)CSC)N(C)C)cc1. The van der Waals surface area contributed by atoms with E-state index in [4.69, 9.17) is 4.74 Å². The Labute approximate surface area is 119 Å². The third kappa shape index (κ3) is 5.12. The van der Waals surface area contributed by atoms with Crippen molar-refractivity contribution in [2.45, 2.75) is 6.04 Å². The first-order valence-electron chi connectivity index (χ1n) is 6.14. The van der Waals surface area contributed by atoms with Crippen LogP contribution in [0.4, 0.5) is 0 Å². The fourth-order valence-electron chi connectivity index (χ4n) is 1.82. The van der Waals surface area contributed by atoms with Gasteiger partial charge in [0.25, 0.3) is 0 Å². The Bertz CT molecular complexity index is 393. The smallest absolute Gasteiger partial charge is 0.230 e. The largest absolute Gasteiger partial charge is 0.497 e. The number of likely N-dealkylation sites (N-methyl/N-ethyl adjacent to an activating group) is 1. The van der Waals surface area contributed by atoms with Gasteiger partial charge >= 0.3 is 0 Å². The van der Waals surface area contributed by atoms with E-state index >= 15 is 0 Å². The highest BCUT2D eigenvalue weighted by Gasteiger charge is 2.15. The maximum atomic E-state index is 11.5. The standard InChI is InChI=1S/C14H22N2O2S/c1-16(2)13(9-15-14(17)10-19-4)11-5-7-12(18-3)8-6-11/h5-8,13H,9-10H2,1-4H3,(H,15,17)/t13-/m0/s1. The second kappa shape index (κ2) is 8.07. The van der Waals surface area contributed by atoms with Crippen molar-refractivity contribution in [1.82, 2.24) is 10.2 Å². The summed E-state index contributed by atoms with van der Waals surface area (Å²) >= 11 is 1.53. The Morgan fingerprint density at radius 3 is 2.47 bits per heavy atom. The van der Waals surface area contributed by atoms with Crippen molar-refractivity contribution in [3.05, 3.63) is 29.8 Å². The number of nitrogens with one attached hydrogen (secondary N) is 1. The highest BCUT2D eigenvalue weighted by Crippen LogP contribution is 2.20. The third-order valence-electron chi connectivity index (χ3n) is 2.89. The molecule has 1 aromatic carbocycles. The fraction of sp³-hybridized carbons (Fsp3) is 0.500. The molecule has 106 valence electrons. The van der Waals surface area contributed by atoms with Crippen molar-refractivity contribution in [3.8, 4) is 5.75 Å². The van der Waals surface area contributed by atoms with Crippen LogP contribution in [0.1, 0.15) is 11.6 Å². The molecule has 0 spiro atoms. The van der Waals surface area contributed by atoms with Crippen LogP contribution in [0, 0.1) is 0 Å². The molecule has 1 rings (SSSR count). The average Bonchev–Trinajstić information content (AvgIpc) is 2.39. The molecule has 0 fully saturated rings. The summed E-state index contributed by atoms with van der Waals surface area (Å²) in [7, 11) is 5.67. The molecular weight excluding hydrogens is 260 g/mol. The number of nitrogens with zero attached hydrogens (tertiary/aromatic N) is 1. The Morgan fingerprint density at radius 2 is 2.00 bits per heavy atom. The van der Waals surface area contributed by atoms with Gasteiger partial charge in [0, 0.05) is 6.54 Å². The number of benzene rings is 1. The van der Waals surface area contributed by atoms with E-state index in [9.17, 15) is 4.79 Å². The molecular formula is C14H22N2O2S. The topological polar surface area (TPSA) is 41.6 Å². The van der Waals surface area contributed by atoms with Gasteiger partial charge in [-0.25, -0.2) is 0 Å². The molecule has 0 heterocycles. The van der Waals surface area contributed by atoms with Crippen LogP contribution in [-0.4, -0.2) is 50.6 Å². The van der Waals surface area contributed by atoms with Crippen molar-refractivity contribution < 1.29 is 9.53 Å². The van der Waals surface area contributed by atoms with Gasteiger partial charge in [-0.05, 0) is 38.0 Å². The fourth-order valence-corrected chi connectivity index (χ4v) is 2.18. The van der Waals surface area contributed by atoms with Gasteiger partial charge in [0.1, 0.15) is 5.75 Å². The van der Waals surface area contributed by atoms with E-state index in [1.54, 1.807) is 7.11 Å². The summed E-state index contributed by atoms with van der Waals surface area (Å²) in [6, 6.07) is 8.11. The van der Waals surface area contributed by atoms with E-state index in [1.807, 2.05) is 44.6 Å². The monoisotopic (exact) mass is 282 g/mol. The molecule has 1 atom stereocenters. The van der Waals surface area contributed by atoms with Crippen molar-refractivity contribution in [2.75, 3.05) is 39.8 Å². The van der Waals surface area contributed by atoms with Crippen molar-refractivity contribution in [1.29, 1.82) is 0 Å². The van der Waals surface area contributed by atoms with E-state index in [1.165, 1.54) is 11.8 Å². The van der Waals surface area contributed by atoms with Gasteiger partial charge in [0.15, 0.2) is 0 Å². The highest BCUT2D eigenvalue weighted by molar-refractivity contribution is 7.99. The van der Waals surface area contributed by atoms with Gasteiger partial charge in [0.05, 0.1) is 18.9 Å². The summed E-state index contributed by atoms with van der Waals surface area (Å²) in [5, 5.41) is 2.96. The van der Waals surface area contributed by atoms with E-state index in [0.29, 0.717) is 12.3 Å². The van der Waals surface area contributed by atoms with Crippen LogP contribution in [0.2, 0.25) is 0 Å². The number of rotatable bonds is 7. The number of ether oxygens (including phenoxy) is 1. The molecule has 1 N–H and O–H groups in total. The molecule has 0 bridgehead atoms. The van der Waals surface area contributed by atoms with Gasteiger partial charge in [-0.2, -0.15) is 11.8 Å². The van der Waals surface area contributed by atoms with E-state index in [2.05, 4.69) is 10.2 Å². The molecule has 0 aliphatic carbocycles. The number of hydrogen-bond donors (Lipinski definition) is 1. The lowest BCUT2D eigenvalue weighted by Gasteiger charge is -2.25. The minimum Gasteiger partial charge on any atom is -0.497 e. The quantitative estimate of drug-likeness (QED) is 0.828. The van der Waals surface area contributed by atoms with Gasteiger partial charge in [0.2, 0.25) is 5.91 Å². The summed E-state index contributed by atoms with van der Waals surface area (Å²) in [5.41, 5.74) is 1.16. The summed E-state index contributed by atoms with van der Waals surface area (Å²) in [4.78, 5) is 13.6. The van der Waals surface area contributed by atoms with Crippen LogP contribution in [0.3, 0.4) is 0 Å². The zero-order valence-corrected chi connectivity index (χ0v) is 12.8. The molecule has 0 radical (unpaired) electrons. The predicted molar refractivity (Wildman–Crippen MR) is 80.8 cm³/mol. The number of methoxy groups -OCH3 is 1. The van der Waals surface area contributed by atoms with Crippen LogP contribution in [0.15, 0.2) is 24.3 Å². The van der Waals surface area contributed by atoms with E-state index in [-0.39, 0.29) is 11.9 Å². The Kier molecular flexibility index (Phi) is 6.73. The Balaban J connectivity index is 2.68. The van der Waals surface area contributed by atoms with E-state index in [0.717, 1.165) is 11.3 Å². The van der Waals surface area contributed by atoms with Crippen LogP contribution >= 0.6 is 11.8 Å². The number of hydrogen-bond acceptors (Lipinski definition) is 4. The number of carbonyl (C=O) groups excluding carboxylic acids is 1. The number of carbonyl (C=O) groups is 1. The molecule has 5 heteroatoms. The summed E-state index contributed by atoms with van der Waals surface area (Å²) in [6.07, 6.45) is 1.92. The molecule has 0 saturated heterocycles. The maximum Gasteiger partial charge on any atom is 0.230 e. The summed E-state index contributed by atoms with van der Waals surface area (Å²) in [6.45, 7) is 0.610. The normalized spacial score (nSPS) is 12.3. The second-order valence-electron chi connectivity index (χ2n) is 4.49. The minimum absolute atomic E-state index is 0.0767. The lowest BCUT2D eigenvalue weighted by Crippen LogP contribution is -2.35. The predicted octanol–water partition coefficient (Wildman–Crippen LogP) is 1.78. The minimum atomic E-state index is 0.0767. The lowest BCUT2D eigenvalue weighted by atomic mass is 10.1. The van der Waals surface area contributed by atoms with Crippen LogP contribution in [0.25, 0.3) is 0 Å². The average molecular weight is 282 g/mol. The molecule has 1 aromatic rings. The van der Waals surface area contributed by atoms with Gasteiger partial charge in [-0.1, -0.05) is 12.1 Å². The Morgan fingerprint density at radius 1 is 1.37 bits per heavy atom. The first-order valence-corrected chi connectivity index (χ1v) is 7.54. The zero-order chi connectivity index (χ0) is 14.3. The van der Waals surface area contributed by atoms with Gasteiger partial charge in [-0.15, -0.1) is 0 Å². The second-order valence-corrected chi connectivity index (χ2v) is 5.36. The zero-order valence-electron chi connectivity index (χ0n) is 12.0. The van der Waals surface area contributed by atoms with Crippen molar-refractivity contribution >= 4 is 17.7 Å². The molecule has 0 unspecified atom stereocenters.